The summed E-state index contributed by atoms with van der Waals surface area (Å²) < 4.78 is 26.1. The van der Waals surface area contributed by atoms with E-state index >= 15 is 0 Å². The van der Waals surface area contributed by atoms with Crippen LogP contribution in [0.15, 0.2) is 29.2 Å². The first-order chi connectivity index (χ1) is 10.4. The molecule has 0 aliphatic heterocycles. The highest BCUT2D eigenvalue weighted by Gasteiger charge is 2.21. The van der Waals surface area contributed by atoms with Crippen molar-refractivity contribution in [2.75, 3.05) is 13.1 Å². The zero-order chi connectivity index (χ0) is 16.8. The number of sulfonamides is 1. The molecule has 0 bridgehead atoms. The molecule has 7 heteroatoms. The Balaban J connectivity index is 2.91. The number of nitrogens with zero attached hydrogens (tertiary/aromatic N) is 2. The summed E-state index contributed by atoms with van der Waals surface area (Å²) >= 11 is 0. The van der Waals surface area contributed by atoms with Gasteiger partial charge in [0.2, 0.25) is 15.9 Å². The Labute approximate surface area is 131 Å². The van der Waals surface area contributed by atoms with Gasteiger partial charge in [-0.25, -0.2) is 8.42 Å². The maximum Gasteiger partial charge on any atom is 0.243 e. The van der Waals surface area contributed by atoms with Crippen LogP contribution in [0.2, 0.25) is 0 Å². The molecule has 1 aromatic carbocycles. The van der Waals surface area contributed by atoms with Gasteiger partial charge in [0.05, 0.1) is 17.0 Å². The summed E-state index contributed by atoms with van der Waals surface area (Å²) in [6, 6.07) is 7.92. The minimum absolute atomic E-state index is 0.196. The van der Waals surface area contributed by atoms with Crippen LogP contribution in [0.25, 0.3) is 0 Å². The standard InChI is InChI=1S/C15H21N3O3S/c1-4-18(5-2)22(20,21)14-8-6-13(7-9-14)12(3)17-15(19)10-11-16/h6-9,12H,4-5,10H2,1-3H3,(H,17,19)/t12-/m1/s1. The van der Waals surface area contributed by atoms with Crippen LogP contribution in [0.5, 0.6) is 0 Å². The summed E-state index contributed by atoms with van der Waals surface area (Å²) in [6.07, 6.45) is -0.196. The first-order valence-corrected chi connectivity index (χ1v) is 8.57. The topological polar surface area (TPSA) is 90.3 Å². The first kappa shape index (κ1) is 18.1. The molecule has 0 unspecified atom stereocenters. The van der Waals surface area contributed by atoms with Gasteiger partial charge in [0, 0.05) is 13.1 Å². The second-order valence-corrected chi connectivity index (χ2v) is 6.72. The van der Waals surface area contributed by atoms with Gasteiger partial charge in [-0.3, -0.25) is 4.79 Å². The average molecular weight is 323 g/mol. The Kier molecular flexibility index (Phi) is 6.53. The van der Waals surface area contributed by atoms with Crippen molar-refractivity contribution in [3.05, 3.63) is 29.8 Å². The number of nitriles is 1. The van der Waals surface area contributed by atoms with Crippen LogP contribution >= 0.6 is 0 Å². The van der Waals surface area contributed by atoms with Crippen molar-refractivity contribution in [2.24, 2.45) is 0 Å². The lowest BCUT2D eigenvalue weighted by Crippen LogP contribution is -2.30. The molecular weight excluding hydrogens is 302 g/mol. The molecule has 0 fully saturated rings. The third kappa shape index (κ3) is 4.29. The maximum atomic E-state index is 12.4. The average Bonchev–Trinajstić information content (AvgIpc) is 2.48. The predicted molar refractivity (Wildman–Crippen MR) is 83.3 cm³/mol. The molecule has 22 heavy (non-hydrogen) atoms. The van der Waals surface area contributed by atoms with E-state index in [-0.39, 0.29) is 23.3 Å². The smallest absolute Gasteiger partial charge is 0.243 e. The number of benzene rings is 1. The van der Waals surface area contributed by atoms with Gasteiger partial charge in [-0.15, -0.1) is 0 Å². The van der Waals surface area contributed by atoms with Crippen LogP contribution < -0.4 is 5.32 Å². The van der Waals surface area contributed by atoms with Gasteiger partial charge >= 0.3 is 0 Å². The normalized spacial score (nSPS) is 12.7. The molecule has 0 spiro atoms. The van der Waals surface area contributed by atoms with Crippen molar-refractivity contribution in [1.82, 2.24) is 9.62 Å². The molecule has 0 saturated carbocycles. The molecule has 0 radical (unpaired) electrons. The lowest BCUT2D eigenvalue weighted by Gasteiger charge is -2.19. The van der Waals surface area contributed by atoms with E-state index in [4.69, 9.17) is 5.26 Å². The summed E-state index contributed by atoms with van der Waals surface area (Å²) in [4.78, 5) is 11.6. The zero-order valence-corrected chi connectivity index (χ0v) is 13.9. The lowest BCUT2D eigenvalue weighted by atomic mass is 10.1. The molecule has 6 nitrogen and oxygen atoms in total. The van der Waals surface area contributed by atoms with Crippen LogP contribution in [0.1, 0.15) is 38.8 Å². The number of rotatable bonds is 7. The van der Waals surface area contributed by atoms with E-state index in [0.717, 1.165) is 5.56 Å². The van der Waals surface area contributed by atoms with Crippen molar-refractivity contribution in [1.29, 1.82) is 5.26 Å². The lowest BCUT2D eigenvalue weighted by molar-refractivity contribution is -0.120. The molecule has 0 saturated heterocycles. The van der Waals surface area contributed by atoms with Crippen LogP contribution in [0.4, 0.5) is 0 Å². The van der Waals surface area contributed by atoms with Crippen LogP contribution in [-0.2, 0) is 14.8 Å². The third-order valence-corrected chi connectivity index (χ3v) is 5.40. The highest BCUT2D eigenvalue weighted by Crippen LogP contribution is 2.19. The summed E-state index contributed by atoms with van der Waals surface area (Å²) in [5, 5.41) is 11.1. The monoisotopic (exact) mass is 323 g/mol. The maximum absolute atomic E-state index is 12.4. The quantitative estimate of drug-likeness (QED) is 0.828. The minimum atomic E-state index is -3.47. The number of carbonyl (C=O) groups is 1. The number of hydrogen-bond donors (Lipinski definition) is 1. The largest absolute Gasteiger partial charge is 0.349 e. The Morgan fingerprint density at radius 1 is 1.27 bits per heavy atom. The van der Waals surface area contributed by atoms with Gasteiger partial charge < -0.3 is 5.32 Å². The predicted octanol–water partition coefficient (Wildman–Crippen LogP) is 1.81. The van der Waals surface area contributed by atoms with Gasteiger partial charge in [0.25, 0.3) is 0 Å². The second-order valence-electron chi connectivity index (χ2n) is 4.78. The third-order valence-electron chi connectivity index (χ3n) is 3.34. The molecule has 0 aliphatic rings. The molecule has 1 N–H and O–H groups in total. The van der Waals surface area contributed by atoms with Gasteiger partial charge in [-0.1, -0.05) is 26.0 Å². The Morgan fingerprint density at radius 3 is 2.27 bits per heavy atom. The van der Waals surface area contributed by atoms with Gasteiger partial charge in [0.1, 0.15) is 6.42 Å². The van der Waals surface area contributed by atoms with Crippen molar-refractivity contribution in [3.8, 4) is 6.07 Å². The number of nitrogens with one attached hydrogen (secondary N) is 1. The van der Waals surface area contributed by atoms with E-state index < -0.39 is 10.0 Å². The minimum Gasteiger partial charge on any atom is -0.349 e. The first-order valence-electron chi connectivity index (χ1n) is 7.13. The molecule has 0 aliphatic carbocycles. The summed E-state index contributed by atoms with van der Waals surface area (Å²) in [5.74, 6) is -0.352. The number of carbonyl (C=O) groups excluding carboxylic acids is 1. The molecular formula is C15H21N3O3S. The fourth-order valence-electron chi connectivity index (χ4n) is 2.09. The SMILES string of the molecule is CCN(CC)S(=O)(=O)c1ccc([C@@H](C)NC(=O)CC#N)cc1. The Morgan fingerprint density at radius 2 is 1.82 bits per heavy atom. The van der Waals surface area contributed by atoms with Gasteiger partial charge in [-0.2, -0.15) is 9.57 Å². The van der Waals surface area contributed by atoms with E-state index in [9.17, 15) is 13.2 Å². The Bertz CT molecular complexity index is 644. The van der Waals surface area contributed by atoms with Crippen molar-refractivity contribution in [2.45, 2.75) is 38.1 Å². The van der Waals surface area contributed by atoms with Crippen LogP contribution in [0, 0.1) is 11.3 Å². The van der Waals surface area contributed by atoms with E-state index in [1.165, 1.54) is 16.4 Å². The van der Waals surface area contributed by atoms with Crippen molar-refractivity contribution in [3.63, 3.8) is 0 Å². The highest BCUT2D eigenvalue weighted by molar-refractivity contribution is 7.89. The molecule has 120 valence electrons. The van der Waals surface area contributed by atoms with Crippen LogP contribution in [0.3, 0.4) is 0 Å². The number of amides is 1. The molecule has 0 aromatic heterocycles. The van der Waals surface area contributed by atoms with Crippen molar-refractivity contribution < 1.29 is 13.2 Å². The summed E-state index contributed by atoms with van der Waals surface area (Å²) in [5.41, 5.74) is 0.782. The Hall–Kier alpha value is -1.91. The summed E-state index contributed by atoms with van der Waals surface area (Å²) in [7, 11) is -3.47. The molecule has 1 aromatic rings. The zero-order valence-electron chi connectivity index (χ0n) is 13.0. The second kappa shape index (κ2) is 7.92. The fraction of sp³-hybridized carbons (Fsp3) is 0.467. The highest BCUT2D eigenvalue weighted by atomic mass is 32.2. The van der Waals surface area contributed by atoms with E-state index in [1.54, 1.807) is 39.0 Å². The van der Waals surface area contributed by atoms with Gasteiger partial charge in [-0.05, 0) is 24.6 Å². The number of hydrogen-bond acceptors (Lipinski definition) is 4. The molecule has 1 amide bonds. The van der Waals surface area contributed by atoms with Gasteiger partial charge in [0.15, 0.2) is 0 Å². The molecule has 0 heterocycles. The van der Waals surface area contributed by atoms with Crippen LogP contribution in [-0.4, -0.2) is 31.7 Å². The molecule has 1 rings (SSSR count). The molecule has 1 atom stereocenters. The van der Waals surface area contributed by atoms with E-state index in [0.29, 0.717) is 13.1 Å². The van der Waals surface area contributed by atoms with Crippen molar-refractivity contribution >= 4 is 15.9 Å². The summed E-state index contributed by atoms with van der Waals surface area (Å²) in [6.45, 7) is 6.20. The van der Waals surface area contributed by atoms with E-state index in [1.807, 2.05) is 0 Å². The fourth-order valence-corrected chi connectivity index (χ4v) is 3.55. The van der Waals surface area contributed by atoms with E-state index in [2.05, 4.69) is 5.32 Å².